The van der Waals surface area contributed by atoms with Crippen LogP contribution in [0.4, 0.5) is 0 Å². The summed E-state index contributed by atoms with van der Waals surface area (Å²) in [6, 6.07) is 7.49. The van der Waals surface area contributed by atoms with Gasteiger partial charge in [0.05, 0.1) is 5.56 Å². The van der Waals surface area contributed by atoms with Gasteiger partial charge in [0, 0.05) is 43.0 Å². The second kappa shape index (κ2) is 5.57. The molecule has 6 heteroatoms. The Kier molecular flexibility index (Phi) is 3.57. The number of hydrogen-bond acceptors (Lipinski definition) is 3. The fourth-order valence-electron chi connectivity index (χ4n) is 2.48. The van der Waals surface area contributed by atoms with Crippen molar-refractivity contribution in [1.82, 2.24) is 14.1 Å². The molecule has 0 radical (unpaired) electrons. The minimum absolute atomic E-state index is 0.210. The van der Waals surface area contributed by atoms with Crippen molar-refractivity contribution in [3.63, 3.8) is 0 Å². The summed E-state index contributed by atoms with van der Waals surface area (Å²) in [6.07, 6.45) is 5.85. The second-order valence-electron chi connectivity index (χ2n) is 5.29. The van der Waals surface area contributed by atoms with Crippen LogP contribution in [0, 0.1) is 0 Å². The van der Waals surface area contributed by atoms with Crippen molar-refractivity contribution >= 4 is 22.8 Å². The smallest absolute Gasteiger partial charge is 0.330 e. The van der Waals surface area contributed by atoms with E-state index in [9.17, 15) is 14.4 Å². The minimum atomic E-state index is -0.434. The summed E-state index contributed by atoms with van der Waals surface area (Å²) in [5.41, 5.74) is 0.856. The summed E-state index contributed by atoms with van der Waals surface area (Å²) < 4.78 is 2.31. The largest absolute Gasteiger partial charge is 0.360 e. The van der Waals surface area contributed by atoms with E-state index in [4.69, 9.17) is 0 Å². The molecule has 0 bridgehead atoms. The van der Waals surface area contributed by atoms with Crippen LogP contribution in [0.3, 0.4) is 0 Å². The lowest BCUT2D eigenvalue weighted by molar-refractivity contribution is 0.104. The first kappa shape index (κ1) is 14.8. The molecule has 3 aromatic rings. The molecule has 0 aliphatic carbocycles. The van der Waals surface area contributed by atoms with Crippen LogP contribution in [0.15, 0.2) is 52.3 Å². The summed E-state index contributed by atoms with van der Waals surface area (Å²) in [5.74, 6) is -0.210. The third kappa shape index (κ3) is 2.55. The van der Waals surface area contributed by atoms with Crippen molar-refractivity contribution in [3.8, 4) is 0 Å². The molecule has 0 aliphatic heterocycles. The first-order valence-electron chi connectivity index (χ1n) is 7.04. The van der Waals surface area contributed by atoms with Crippen LogP contribution < -0.4 is 11.2 Å². The Labute approximate surface area is 131 Å². The molecule has 0 unspecified atom stereocenters. The number of aromatic nitrogens is 3. The summed E-state index contributed by atoms with van der Waals surface area (Å²) in [7, 11) is 2.96. The van der Waals surface area contributed by atoms with Crippen molar-refractivity contribution in [2.24, 2.45) is 14.1 Å². The van der Waals surface area contributed by atoms with Crippen molar-refractivity contribution in [2.45, 2.75) is 0 Å². The molecule has 3 rings (SSSR count). The lowest BCUT2D eigenvalue weighted by atomic mass is 10.1. The molecular weight excluding hydrogens is 294 g/mol. The van der Waals surface area contributed by atoms with E-state index in [1.807, 2.05) is 24.3 Å². The van der Waals surface area contributed by atoms with Gasteiger partial charge in [-0.15, -0.1) is 0 Å². The van der Waals surface area contributed by atoms with Crippen LogP contribution in [-0.2, 0) is 14.1 Å². The van der Waals surface area contributed by atoms with Crippen molar-refractivity contribution < 1.29 is 4.79 Å². The number of carbonyl (C=O) groups is 1. The van der Waals surface area contributed by atoms with Gasteiger partial charge in [-0.25, -0.2) is 4.79 Å². The van der Waals surface area contributed by atoms with Gasteiger partial charge in [0.15, 0.2) is 5.78 Å². The molecule has 23 heavy (non-hydrogen) atoms. The van der Waals surface area contributed by atoms with Gasteiger partial charge in [0.1, 0.15) is 0 Å². The number of hydrogen-bond donors (Lipinski definition) is 1. The number of ketones is 1. The quantitative estimate of drug-likeness (QED) is 0.588. The maximum atomic E-state index is 12.4. The van der Waals surface area contributed by atoms with Gasteiger partial charge in [0.25, 0.3) is 5.56 Å². The molecule has 116 valence electrons. The normalized spacial score (nSPS) is 11.4. The van der Waals surface area contributed by atoms with E-state index in [-0.39, 0.29) is 11.3 Å². The van der Waals surface area contributed by atoms with E-state index in [2.05, 4.69) is 4.98 Å². The molecule has 1 N–H and O–H groups in total. The predicted molar refractivity (Wildman–Crippen MR) is 88.6 cm³/mol. The molecule has 0 atom stereocenters. The van der Waals surface area contributed by atoms with Crippen LogP contribution >= 0.6 is 0 Å². The number of H-pyrrole nitrogens is 1. The summed E-state index contributed by atoms with van der Waals surface area (Å²) in [5, 5.41) is 0.829. The van der Waals surface area contributed by atoms with Gasteiger partial charge >= 0.3 is 5.69 Å². The van der Waals surface area contributed by atoms with Crippen LogP contribution in [0.1, 0.15) is 15.9 Å². The zero-order valence-electron chi connectivity index (χ0n) is 12.7. The number of rotatable bonds is 3. The molecule has 0 saturated heterocycles. The van der Waals surface area contributed by atoms with Gasteiger partial charge < -0.3 is 9.55 Å². The summed E-state index contributed by atoms with van der Waals surface area (Å²) in [6.45, 7) is 0. The summed E-state index contributed by atoms with van der Waals surface area (Å²) >= 11 is 0. The molecule has 0 amide bonds. The van der Waals surface area contributed by atoms with E-state index in [1.165, 1.54) is 30.0 Å². The number of aromatic amines is 1. The van der Waals surface area contributed by atoms with Gasteiger partial charge in [-0.3, -0.25) is 14.2 Å². The Bertz CT molecular complexity index is 1050. The topological polar surface area (TPSA) is 76.9 Å². The van der Waals surface area contributed by atoms with Crippen molar-refractivity contribution in [3.05, 3.63) is 74.7 Å². The highest BCUT2D eigenvalue weighted by Crippen LogP contribution is 2.18. The zero-order chi connectivity index (χ0) is 16.6. The highest BCUT2D eigenvalue weighted by atomic mass is 16.2. The zero-order valence-corrected chi connectivity index (χ0v) is 12.7. The molecule has 1 aromatic carbocycles. The Morgan fingerprint density at radius 2 is 1.91 bits per heavy atom. The Hall–Kier alpha value is -3.15. The SMILES string of the molecule is Cn1cc(/C=C/C(=O)c2c[nH]c3ccccc23)c(=O)n(C)c1=O. The minimum Gasteiger partial charge on any atom is -0.360 e. The molecular formula is C17H15N3O3. The average Bonchev–Trinajstić information content (AvgIpc) is 2.99. The highest BCUT2D eigenvalue weighted by Gasteiger charge is 2.09. The lowest BCUT2D eigenvalue weighted by Gasteiger charge is -2.03. The Morgan fingerprint density at radius 1 is 1.17 bits per heavy atom. The number of fused-ring (bicyclic) bond motifs is 1. The Balaban J connectivity index is 1.99. The molecule has 0 aliphatic rings. The molecule has 6 nitrogen and oxygen atoms in total. The summed E-state index contributed by atoms with van der Waals surface area (Å²) in [4.78, 5) is 39.1. The fourth-order valence-corrected chi connectivity index (χ4v) is 2.48. The number of nitrogens with zero attached hydrogens (tertiary/aromatic N) is 2. The van der Waals surface area contributed by atoms with Crippen LogP contribution in [0.5, 0.6) is 0 Å². The maximum absolute atomic E-state index is 12.4. The second-order valence-corrected chi connectivity index (χ2v) is 5.29. The van der Waals surface area contributed by atoms with Crippen molar-refractivity contribution in [1.29, 1.82) is 0 Å². The standard InChI is InChI=1S/C17H15N3O3/c1-19-10-11(16(22)20(2)17(19)23)7-8-15(21)13-9-18-14-6-4-3-5-12(13)14/h3-10,18H,1-2H3/b8-7+. The molecule has 2 heterocycles. The average molecular weight is 309 g/mol. The number of nitrogens with one attached hydrogen (secondary N) is 1. The van der Waals surface area contributed by atoms with Gasteiger partial charge in [-0.2, -0.15) is 0 Å². The predicted octanol–water partition coefficient (Wildman–Crippen LogP) is 1.46. The number of allylic oxidation sites excluding steroid dienone is 1. The molecule has 0 fully saturated rings. The van der Waals surface area contributed by atoms with Gasteiger partial charge in [-0.05, 0) is 18.2 Å². The molecule has 0 spiro atoms. The van der Waals surface area contributed by atoms with E-state index in [0.717, 1.165) is 15.5 Å². The lowest BCUT2D eigenvalue weighted by Crippen LogP contribution is -2.37. The van der Waals surface area contributed by atoms with Gasteiger partial charge in [0.2, 0.25) is 0 Å². The van der Waals surface area contributed by atoms with E-state index >= 15 is 0 Å². The maximum Gasteiger partial charge on any atom is 0.330 e. The van der Waals surface area contributed by atoms with E-state index in [1.54, 1.807) is 13.2 Å². The third-order valence-corrected chi connectivity index (χ3v) is 3.74. The van der Waals surface area contributed by atoms with Crippen molar-refractivity contribution in [2.75, 3.05) is 0 Å². The van der Waals surface area contributed by atoms with Crippen LogP contribution in [-0.4, -0.2) is 19.9 Å². The third-order valence-electron chi connectivity index (χ3n) is 3.74. The number of para-hydroxylation sites is 1. The number of benzene rings is 1. The highest BCUT2D eigenvalue weighted by molar-refractivity contribution is 6.14. The number of carbonyl (C=O) groups excluding carboxylic acids is 1. The van der Waals surface area contributed by atoms with Crippen LogP contribution in [0.25, 0.3) is 17.0 Å². The first-order valence-corrected chi connectivity index (χ1v) is 7.04. The fraction of sp³-hybridized carbons (Fsp3) is 0.118. The molecule has 0 saturated carbocycles. The van der Waals surface area contributed by atoms with Crippen LogP contribution in [0.2, 0.25) is 0 Å². The van der Waals surface area contributed by atoms with Gasteiger partial charge in [-0.1, -0.05) is 18.2 Å². The molecule has 2 aromatic heterocycles. The first-order chi connectivity index (χ1) is 11.0. The monoisotopic (exact) mass is 309 g/mol. The number of aryl methyl sites for hydroxylation is 1. The van der Waals surface area contributed by atoms with E-state index < -0.39 is 11.2 Å². The Morgan fingerprint density at radius 3 is 2.70 bits per heavy atom. The van der Waals surface area contributed by atoms with E-state index in [0.29, 0.717) is 5.56 Å².